The third-order valence-corrected chi connectivity index (χ3v) is 4.72. The zero-order chi connectivity index (χ0) is 17.5. The highest BCUT2D eigenvalue weighted by Crippen LogP contribution is 2.15. The summed E-state index contributed by atoms with van der Waals surface area (Å²) in [7, 11) is 0. The predicted molar refractivity (Wildman–Crippen MR) is 95.1 cm³/mol. The molecule has 0 bridgehead atoms. The fourth-order valence-electron chi connectivity index (χ4n) is 3.33. The molecule has 6 heteroatoms. The number of amides is 1. The molecule has 1 aromatic heterocycles. The third kappa shape index (κ3) is 5.13. The summed E-state index contributed by atoms with van der Waals surface area (Å²) < 4.78 is 5.25. The van der Waals surface area contributed by atoms with E-state index < -0.39 is 0 Å². The largest absolute Gasteiger partial charge is 0.355 e. The first kappa shape index (κ1) is 17.6. The van der Waals surface area contributed by atoms with Gasteiger partial charge in [-0.2, -0.15) is 4.98 Å². The third-order valence-electron chi connectivity index (χ3n) is 4.72. The first-order valence-electron chi connectivity index (χ1n) is 9.10. The summed E-state index contributed by atoms with van der Waals surface area (Å²) in [6.45, 7) is 5.09. The molecule has 0 saturated carbocycles. The molecule has 1 aliphatic rings. The molecular weight excluding hydrogens is 316 g/mol. The van der Waals surface area contributed by atoms with E-state index in [0.29, 0.717) is 37.0 Å². The van der Waals surface area contributed by atoms with E-state index in [-0.39, 0.29) is 5.91 Å². The molecule has 2 heterocycles. The summed E-state index contributed by atoms with van der Waals surface area (Å²) in [5.74, 6) is 1.23. The Morgan fingerprint density at radius 3 is 3.00 bits per heavy atom. The molecule has 1 aliphatic heterocycles. The number of benzene rings is 1. The number of likely N-dealkylation sites (N-methyl/N-ethyl adjacent to an activating group) is 1. The van der Waals surface area contributed by atoms with Crippen LogP contribution in [0, 0.1) is 0 Å². The predicted octanol–water partition coefficient (Wildman–Crippen LogP) is 2.19. The number of rotatable bonds is 8. The van der Waals surface area contributed by atoms with Gasteiger partial charge in [0, 0.05) is 31.8 Å². The lowest BCUT2D eigenvalue weighted by Gasteiger charge is -2.22. The van der Waals surface area contributed by atoms with Crippen LogP contribution < -0.4 is 5.32 Å². The monoisotopic (exact) mass is 342 g/mol. The molecule has 0 radical (unpaired) electrons. The average molecular weight is 342 g/mol. The van der Waals surface area contributed by atoms with Gasteiger partial charge in [-0.3, -0.25) is 9.69 Å². The first-order chi connectivity index (χ1) is 12.2. The minimum Gasteiger partial charge on any atom is -0.355 e. The van der Waals surface area contributed by atoms with Crippen molar-refractivity contribution in [2.24, 2.45) is 0 Å². The number of aryl methyl sites for hydroxylation is 1. The molecule has 6 nitrogen and oxygen atoms in total. The zero-order valence-corrected chi connectivity index (χ0v) is 14.8. The van der Waals surface area contributed by atoms with E-state index in [1.165, 1.54) is 12.8 Å². The molecule has 3 rings (SSSR count). The van der Waals surface area contributed by atoms with Crippen molar-refractivity contribution in [2.75, 3.05) is 19.6 Å². The van der Waals surface area contributed by atoms with Gasteiger partial charge in [0.1, 0.15) is 0 Å². The normalized spacial score (nSPS) is 17.7. The number of carbonyl (C=O) groups excluding carboxylic acids is 1. The first-order valence-corrected chi connectivity index (χ1v) is 9.10. The molecule has 1 unspecified atom stereocenters. The van der Waals surface area contributed by atoms with Crippen LogP contribution in [0.15, 0.2) is 34.9 Å². The second-order valence-electron chi connectivity index (χ2n) is 6.50. The summed E-state index contributed by atoms with van der Waals surface area (Å²) >= 11 is 0. The molecular formula is C19H26N4O2. The van der Waals surface area contributed by atoms with Crippen molar-refractivity contribution in [3.8, 4) is 0 Å². The van der Waals surface area contributed by atoms with Crippen molar-refractivity contribution in [1.29, 1.82) is 0 Å². The van der Waals surface area contributed by atoms with Gasteiger partial charge in [0.25, 0.3) is 0 Å². The van der Waals surface area contributed by atoms with Gasteiger partial charge in [0.15, 0.2) is 5.82 Å². The Morgan fingerprint density at radius 1 is 1.36 bits per heavy atom. The smallest absolute Gasteiger partial charge is 0.227 e. The number of nitrogens with one attached hydrogen (secondary N) is 1. The summed E-state index contributed by atoms with van der Waals surface area (Å²) in [6.07, 6.45) is 3.90. The molecule has 1 amide bonds. The molecule has 1 atom stereocenters. The molecule has 1 fully saturated rings. The van der Waals surface area contributed by atoms with Crippen LogP contribution in [0.1, 0.15) is 43.5 Å². The van der Waals surface area contributed by atoms with Crippen molar-refractivity contribution in [2.45, 2.75) is 45.1 Å². The number of nitrogens with zero attached hydrogens (tertiary/aromatic N) is 3. The molecule has 0 spiro atoms. The van der Waals surface area contributed by atoms with E-state index in [0.717, 1.165) is 25.2 Å². The summed E-state index contributed by atoms with van der Waals surface area (Å²) in [5, 5.41) is 7.03. The Labute approximate surface area is 148 Å². The van der Waals surface area contributed by atoms with E-state index in [4.69, 9.17) is 4.52 Å². The lowest BCUT2D eigenvalue weighted by Crippen LogP contribution is -2.40. The fourth-order valence-corrected chi connectivity index (χ4v) is 3.33. The standard InChI is InChI=1S/C19H26N4O2/c1-2-23-12-6-9-16(23)14-20-18(24)10-11-19-21-17(22-25-19)13-15-7-4-3-5-8-15/h3-5,7-8,16H,2,6,9-14H2,1H3,(H,20,24). The van der Waals surface area contributed by atoms with Gasteiger partial charge in [0.2, 0.25) is 11.8 Å². The Kier molecular flexibility index (Phi) is 6.17. The van der Waals surface area contributed by atoms with Crippen LogP contribution in [0.2, 0.25) is 0 Å². The summed E-state index contributed by atoms with van der Waals surface area (Å²) in [5.41, 5.74) is 1.14. The minimum absolute atomic E-state index is 0.0470. The highest BCUT2D eigenvalue weighted by molar-refractivity contribution is 5.76. The second-order valence-corrected chi connectivity index (χ2v) is 6.50. The van der Waals surface area contributed by atoms with E-state index >= 15 is 0 Å². The van der Waals surface area contributed by atoms with Crippen LogP contribution in [-0.2, 0) is 17.6 Å². The van der Waals surface area contributed by atoms with E-state index in [1.807, 2.05) is 30.3 Å². The number of aromatic nitrogens is 2. The maximum absolute atomic E-state index is 12.0. The maximum Gasteiger partial charge on any atom is 0.227 e. The molecule has 1 saturated heterocycles. The van der Waals surface area contributed by atoms with Crippen molar-refractivity contribution in [3.05, 3.63) is 47.6 Å². The van der Waals surface area contributed by atoms with Crippen LogP contribution in [-0.4, -0.2) is 46.6 Å². The van der Waals surface area contributed by atoms with Gasteiger partial charge in [-0.1, -0.05) is 42.4 Å². The van der Waals surface area contributed by atoms with Gasteiger partial charge in [-0.05, 0) is 31.5 Å². The Bertz CT molecular complexity index is 671. The zero-order valence-electron chi connectivity index (χ0n) is 14.8. The molecule has 1 N–H and O–H groups in total. The van der Waals surface area contributed by atoms with E-state index in [2.05, 4.69) is 27.3 Å². The topological polar surface area (TPSA) is 71.3 Å². The van der Waals surface area contributed by atoms with E-state index in [1.54, 1.807) is 0 Å². The second kappa shape index (κ2) is 8.76. The van der Waals surface area contributed by atoms with Crippen molar-refractivity contribution >= 4 is 5.91 Å². The van der Waals surface area contributed by atoms with E-state index in [9.17, 15) is 4.79 Å². The van der Waals surface area contributed by atoms with Crippen molar-refractivity contribution < 1.29 is 9.32 Å². The van der Waals surface area contributed by atoms with Gasteiger partial charge >= 0.3 is 0 Å². The molecule has 25 heavy (non-hydrogen) atoms. The number of carbonyl (C=O) groups is 1. The molecule has 134 valence electrons. The van der Waals surface area contributed by atoms with Crippen LogP contribution in [0.5, 0.6) is 0 Å². The van der Waals surface area contributed by atoms with Gasteiger partial charge in [0.05, 0.1) is 0 Å². The number of likely N-dealkylation sites (tertiary alicyclic amines) is 1. The maximum atomic E-state index is 12.0. The lowest BCUT2D eigenvalue weighted by atomic mass is 10.1. The van der Waals surface area contributed by atoms with Gasteiger partial charge in [-0.15, -0.1) is 0 Å². The summed E-state index contributed by atoms with van der Waals surface area (Å²) in [4.78, 5) is 18.8. The van der Waals surface area contributed by atoms with Gasteiger partial charge in [-0.25, -0.2) is 0 Å². The minimum atomic E-state index is 0.0470. The average Bonchev–Trinajstić information content (AvgIpc) is 3.28. The van der Waals surface area contributed by atoms with Crippen LogP contribution in [0.25, 0.3) is 0 Å². The molecule has 0 aliphatic carbocycles. The Hall–Kier alpha value is -2.21. The highest BCUT2D eigenvalue weighted by Gasteiger charge is 2.23. The molecule has 1 aromatic carbocycles. The van der Waals surface area contributed by atoms with Crippen LogP contribution >= 0.6 is 0 Å². The Morgan fingerprint density at radius 2 is 2.20 bits per heavy atom. The van der Waals surface area contributed by atoms with Crippen LogP contribution in [0.4, 0.5) is 0 Å². The quantitative estimate of drug-likeness (QED) is 0.796. The highest BCUT2D eigenvalue weighted by atomic mass is 16.5. The van der Waals surface area contributed by atoms with Crippen LogP contribution in [0.3, 0.4) is 0 Å². The molecule has 2 aromatic rings. The number of hydrogen-bond donors (Lipinski definition) is 1. The van der Waals surface area contributed by atoms with Crippen molar-refractivity contribution in [3.63, 3.8) is 0 Å². The van der Waals surface area contributed by atoms with Crippen molar-refractivity contribution in [1.82, 2.24) is 20.4 Å². The summed E-state index contributed by atoms with van der Waals surface area (Å²) in [6, 6.07) is 10.5. The fraction of sp³-hybridized carbons (Fsp3) is 0.526. The lowest BCUT2D eigenvalue weighted by molar-refractivity contribution is -0.121. The SMILES string of the molecule is CCN1CCCC1CNC(=O)CCc1nc(Cc2ccccc2)no1. The number of hydrogen-bond acceptors (Lipinski definition) is 5. The Balaban J connectivity index is 1.40. The van der Waals surface area contributed by atoms with Gasteiger partial charge < -0.3 is 9.84 Å².